The Labute approximate surface area is 90.4 Å². The highest BCUT2D eigenvalue weighted by molar-refractivity contribution is 5.82. The van der Waals surface area contributed by atoms with Crippen LogP contribution in [0.3, 0.4) is 0 Å². The van der Waals surface area contributed by atoms with Gasteiger partial charge in [-0.05, 0) is 32.1 Å². The second-order valence-electron chi connectivity index (χ2n) is 4.77. The summed E-state index contributed by atoms with van der Waals surface area (Å²) in [5, 5.41) is 9.62. The second-order valence-corrected chi connectivity index (χ2v) is 4.77. The highest BCUT2D eigenvalue weighted by atomic mass is 16.3. The molecule has 1 amide bonds. The average molecular weight is 212 g/mol. The summed E-state index contributed by atoms with van der Waals surface area (Å²) in [4.78, 5) is 14.0. The Morgan fingerprint density at radius 2 is 2.00 bits per heavy atom. The molecule has 0 radical (unpaired) electrons. The molecule has 2 rings (SSSR count). The van der Waals surface area contributed by atoms with Gasteiger partial charge in [0.1, 0.15) is 0 Å². The van der Waals surface area contributed by atoms with Crippen LogP contribution >= 0.6 is 0 Å². The summed E-state index contributed by atoms with van der Waals surface area (Å²) in [6.07, 6.45) is 4.01. The molecule has 3 atom stereocenters. The van der Waals surface area contributed by atoms with Crippen molar-refractivity contribution in [2.75, 3.05) is 0 Å². The van der Waals surface area contributed by atoms with Crippen LogP contribution in [0.15, 0.2) is 0 Å². The fourth-order valence-corrected chi connectivity index (χ4v) is 2.87. The van der Waals surface area contributed by atoms with Gasteiger partial charge in [0, 0.05) is 12.1 Å². The zero-order valence-corrected chi connectivity index (χ0v) is 9.22. The summed E-state index contributed by atoms with van der Waals surface area (Å²) >= 11 is 0. The van der Waals surface area contributed by atoms with Crippen molar-refractivity contribution >= 4 is 5.91 Å². The van der Waals surface area contributed by atoms with Crippen LogP contribution in [-0.4, -0.2) is 40.1 Å². The highest BCUT2D eigenvalue weighted by Gasteiger charge is 2.43. The number of carbonyl (C=O) groups excluding carboxylic acids is 1. The number of amides is 1. The molecule has 2 fully saturated rings. The van der Waals surface area contributed by atoms with Crippen LogP contribution in [0.25, 0.3) is 0 Å². The van der Waals surface area contributed by atoms with E-state index in [-0.39, 0.29) is 30.1 Å². The first-order chi connectivity index (χ1) is 7.13. The largest absolute Gasteiger partial charge is 0.393 e. The summed E-state index contributed by atoms with van der Waals surface area (Å²) in [5.74, 6) is 0.0805. The molecule has 4 heteroatoms. The van der Waals surface area contributed by atoms with E-state index in [1.54, 1.807) is 0 Å². The van der Waals surface area contributed by atoms with Crippen molar-refractivity contribution < 1.29 is 9.90 Å². The lowest BCUT2D eigenvalue weighted by molar-refractivity contribution is -0.138. The van der Waals surface area contributed by atoms with Crippen molar-refractivity contribution in [3.8, 4) is 0 Å². The van der Waals surface area contributed by atoms with Crippen LogP contribution in [0.1, 0.15) is 39.0 Å². The number of rotatable bonds is 2. The lowest BCUT2D eigenvalue weighted by atomic mass is 9.98. The van der Waals surface area contributed by atoms with E-state index in [0.29, 0.717) is 6.42 Å². The van der Waals surface area contributed by atoms with Crippen molar-refractivity contribution in [2.24, 2.45) is 5.73 Å². The normalized spacial score (nSPS) is 36.7. The lowest BCUT2D eigenvalue weighted by Crippen LogP contribution is -2.53. The molecule has 0 aromatic carbocycles. The summed E-state index contributed by atoms with van der Waals surface area (Å²) in [6, 6.07) is 0.121. The second kappa shape index (κ2) is 4.10. The first kappa shape index (κ1) is 10.9. The summed E-state index contributed by atoms with van der Waals surface area (Å²) < 4.78 is 0. The molecule has 2 aliphatic rings. The first-order valence-electron chi connectivity index (χ1n) is 5.89. The summed E-state index contributed by atoms with van der Waals surface area (Å²) in [7, 11) is 0. The Balaban J connectivity index is 2.08. The van der Waals surface area contributed by atoms with E-state index < -0.39 is 0 Å². The fourth-order valence-electron chi connectivity index (χ4n) is 2.87. The quantitative estimate of drug-likeness (QED) is 0.689. The van der Waals surface area contributed by atoms with Crippen LogP contribution < -0.4 is 5.73 Å². The van der Waals surface area contributed by atoms with Gasteiger partial charge in [-0.1, -0.05) is 6.92 Å². The Morgan fingerprint density at radius 3 is 2.47 bits per heavy atom. The highest BCUT2D eigenvalue weighted by Crippen LogP contribution is 2.36. The minimum Gasteiger partial charge on any atom is -0.393 e. The Morgan fingerprint density at radius 1 is 1.47 bits per heavy atom. The van der Waals surface area contributed by atoms with Crippen molar-refractivity contribution in [2.45, 2.75) is 63.3 Å². The van der Waals surface area contributed by atoms with E-state index in [9.17, 15) is 9.90 Å². The maximum atomic E-state index is 12.0. The molecule has 15 heavy (non-hydrogen) atoms. The zero-order chi connectivity index (χ0) is 11.0. The van der Waals surface area contributed by atoms with Crippen LogP contribution in [-0.2, 0) is 4.79 Å². The van der Waals surface area contributed by atoms with Crippen molar-refractivity contribution in [3.05, 3.63) is 0 Å². The minimum atomic E-state index is -0.358. The number of carbonyl (C=O) groups is 1. The van der Waals surface area contributed by atoms with Gasteiger partial charge in [0.05, 0.1) is 12.1 Å². The van der Waals surface area contributed by atoms with E-state index in [2.05, 4.69) is 0 Å². The molecule has 2 bridgehead atoms. The molecular formula is C11H20N2O2. The van der Waals surface area contributed by atoms with Gasteiger partial charge < -0.3 is 15.7 Å². The molecule has 0 spiro atoms. The van der Waals surface area contributed by atoms with Crippen LogP contribution in [0, 0.1) is 0 Å². The molecule has 0 aromatic rings. The molecule has 3 N–H and O–H groups in total. The van der Waals surface area contributed by atoms with Gasteiger partial charge in [-0.15, -0.1) is 0 Å². The van der Waals surface area contributed by atoms with Gasteiger partial charge in [0.25, 0.3) is 0 Å². The Hall–Kier alpha value is -0.610. The SMILES string of the molecule is CCC(N)C(=O)N1C2CCC1CC(O)C2. The van der Waals surface area contributed by atoms with Crippen molar-refractivity contribution in [3.63, 3.8) is 0 Å². The van der Waals surface area contributed by atoms with E-state index >= 15 is 0 Å². The minimum absolute atomic E-state index is 0.0805. The van der Waals surface area contributed by atoms with E-state index in [0.717, 1.165) is 25.7 Å². The van der Waals surface area contributed by atoms with Gasteiger partial charge in [-0.3, -0.25) is 4.79 Å². The molecule has 2 saturated heterocycles. The molecule has 2 heterocycles. The number of hydrogen-bond acceptors (Lipinski definition) is 3. The van der Waals surface area contributed by atoms with Gasteiger partial charge in [-0.2, -0.15) is 0 Å². The molecule has 0 aliphatic carbocycles. The topological polar surface area (TPSA) is 66.6 Å². The third-order valence-electron chi connectivity index (χ3n) is 3.72. The van der Waals surface area contributed by atoms with Crippen molar-refractivity contribution in [1.82, 2.24) is 4.90 Å². The smallest absolute Gasteiger partial charge is 0.239 e. The summed E-state index contributed by atoms with van der Waals surface area (Å²) in [6.45, 7) is 1.93. The third-order valence-corrected chi connectivity index (χ3v) is 3.72. The number of aliphatic hydroxyl groups is 1. The van der Waals surface area contributed by atoms with E-state index in [1.165, 1.54) is 0 Å². The number of nitrogens with zero attached hydrogens (tertiary/aromatic N) is 1. The van der Waals surface area contributed by atoms with Crippen LogP contribution in [0.5, 0.6) is 0 Å². The molecule has 4 nitrogen and oxygen atoms in total. The predicted octanol–water partition coefficient (Wildman–Crippen LogP) is 0.238. The monoisotopic (exact) mass is 212 g/mol. The maximum Gasteiger partial charge on any atom is 0.239 e. The molecule has 2 aliphatic heterocycles. The molecule has 0 saturated carbocycles. The van der Waals surface area contributed by atoms with E-state index in [4.69, 9.17) is 5.73 Å². The number of fused-ring (bicyclic) bond motifs is 2. The van der Waals surface area contributed by atoms with Crippen LogP contribution in [0.2, 0.25) is 0 Å². The maximum absolute atomic E-state index is 12.0. The molecule has 0 aromatic heterocycles. The fraction of sp³-hybridized carbons (Fsp3) is 0.909. The van der Waals surface area contributed by atoms with E-state index in [1.807, 2.05) is 11.8 Å². The molecule has 3 unspecified atom stereocenters. The Bertz CT molecular complexity index is 243. The zero-order valence-electron chi connectivity index (χ0n) is 9.22. The Kier molecular flexibility index (Phi) is 2.98. The van der Waals surface area contributed by atoms with Crippen molar-refractivity contribution in [1.29, 1.82) is 0 Å². The first-order valence-corrected chi connectivity index (χ1v) is 5.89. The molecular weight excluding hydrogens is 192 g/mol. The average Bonchev–Trinajstić information content (AvgIpc) is 2.49. The van der Waals surface area contributed by atoms with Crippen LogP contribution in [0.4, 0.5) is 0 Å². The summed E-state index contributed by atoms with van der Waals surface area (Å²) in [5.41, 5.74) is 5.78. The standard InChI is InChI=1S/C11H20N2O2/c1-2-10(12)11(15)13-7-3-4-8(13)6-9(14)5-7/h7-10,14H,2-6,12H2,1H3. The van der Waals surface area contributed by atoms with Gasteiger partial charge in [-0.25, -0.2) is 0 Å². The lowest BCUT2D eigenvalue weighted by Gasteiger charge is -2.38. The number of hydrogen-bond donors (Lipinski definition) is 2. The number of piperidine rings is 1. The predicted molar refractivity (Wildman–Crippen MR) is 57.2 cm³/mol. The third kappa shape index (κ3) is 1.88. The number of nitrogens with two attached hydrogens (primary N) is 1. The molecule has 86 valence electrons. The number of aliphatic hydroxyl groups excluding tert-OH is 1. The van der Waals surface area contributed by atoms with Gasteiger partial charge in [0.2, 0.25) is 5.91 Å². The van der Waals surface area contributed by atoms with Gasteiger partial charge >= 0.3 is 0 Å². The van der Waals surface area contributed by atoms with Gasteiger partial charge in [0.15, 0.2) is 0 Å².